The molecule has 20 heavy (non-hydrogen) atoms. The van der Waals surface area contributed by atoms with Crippen LogP contribution in [0.5, 0.6) is 0 Å². The van der Waals surface area contributed by atoms with E-state index in [1.54, 1.807) is 15.9 Å². The van der Waals surface area contributed by atoms with Crippen molar-refractivity contribution in [1.82, 2.24) is 14.8 Å². The Morgan fingerprint density at radius 1 is 1.05 bits per heavy atom. The first-order chi connectivity index (χ1) is 9.78. The Morgan fingerprint density at radius 2 is 1.80 bits per heavy atom. The van der Waals surface area contributed by atoms with Crippen molar-refractivity contribution in [3.8, 4) is 0 Å². The van der Waals surface area contributed by atoms with Crippen LogP contribution in [0.15, 0.2) is 36.4 Å². The van der Waals surface area contributed by atoms with Gasteiger partial charge in [-0.2, -0.15) is 0 Å². The highest BCUT2D eigenvalue weighted by atomic mass is 16.2. The number of pyridine rings is 1. The van der Waals surface area contributed by atoms with Crippen molar-refractivity contribution in [2.24, 2.45) is 0 Å². The summed E-state index contributed by atoms with van der Waals surface area (Å²) in [5, 5.41) is 1.02. The molecule has 0 radical (unpaired) electrons. The summed E-state index contributed by atoms with van der Waals surface area (Å²) in [4.78, 5) is 30.9. The van der Waals surface area contributed by atoms with Crippen LogP contribution >= 0.6 is 0 Å². The summed E-state index contributed by atoms with van der Waals surface area (Å²) in [6.45, 7) is 2.30. The Morgan fingerprint density at radius 3 is 2.55 bits per heavy atom. The van der Waals surface area contributed by atoms with E-state index in [2.05, 4.69) is 4.98 Å². The lowest BCUT2D eigenvalue weighted by Gasteiger charge is -2.32. The summed E-state index contributed by atoms with van der Waals surface area (Å²) in [6.07, 6.45) is 0.829. The highest BCUT2D eigenvalue weighted by Crippen LogP contribution is 2.13. The SMILES string of the molecule is O=CN1CCN(C(=O)c2ccc3ccccc3n2)CC1. The minimum absolute atomic E-state index is 0.0682. The zero-order valence-corrected chi connectivity index (χ0v) is 11.0. The quantitative estimate of drug-likeness (QED) is 0.768. The Labute approximate surface area is 116 Å². The maximum absolute atomic E-state index is 12.4. The molecule has 0 saturated carbocycles. The molecule has 1 aliphatic rings. The molecule has 0 aliphatic carbocycles. The molecular formula is C15H15N3O2. The van der Waals surface area contributed by atoms with Gasteiger partial charge in [0.2, 0.25) is 6.41 Å². The van der Waals surface area contributed by atoms with Gasteiger partial charge in [0, 0.05) is 31.6 Å². The van der Waals surface area contributed by atoms with Crippen molar-refractivity contribution in [2.75, 3.05) is 26.2 Å². The van der Waals surface area contributed by atoms with Crippen LogP contribution in [0, 0.1) is 0 Å². The van der Waals surface area contributed by atoms with Gasteiger partial charge in [-0.05, 0) is 12.1 Å². The Bertz CT molecular complexity index is 648. The normalized spacial score (nSPS) is 15.4. The fourth-order valence-electron chi connectivity index (χ4n) is 2.38. The molecule has 3 rings (SSSR count). The molecule has 0 unspecified atom stereocenters. The van der Waals surface area contributed by atoms with Crippen LogP contribution in [0.25, 0.3) is 10.9 Å². The van der Waals surface area contributed by atoms with Crippen LogP contribution in [0.1, 0.15) is 10.5 Å². The van der Waals surface area contributed by atoms with E-state index in [4.69, 9.17) is 0 Å². The molecule has 0 bridgehead atoms. The minimum Gasteiger partial charge on any atom is -0.342 e. The third-order valence-electron chi connectivity index (χ3n) is 3.57. The van der Waals surface area contributed by atoms with E-state index >= 15 is 0 Å². The molecule has 0 N–H and O–H groups in total. The number of nitrogens with zero attached hydrogens (tertiary/aromatic N) is 3. The lowest BCUT2D eigenvalue weighted by atomic mass is 10.2. The van der Waals surface area contributed by atoms with E-state index in [0.29, 0.717) is 31.9 Å². The number of fused-ring (bicyclic) bond motifs is 1. The van der Waals surface area contributed by atoms with E-state index in [-0.39, 0.29) is 5.91 Å². The van der Waals surface area contributed by atoms with Gasteiger partial charge in [-0.25, -0.2) is 4.98 Å². The second kappa shape index (κ2) is 5.28. The summed E-state index contributed by atoms with van der Waals surface area (Å²) in [5.41, 5.74) is 1.29. The Hall–Kier alpha value is -2.43. The van der Waals surface area contributed by atoms with Crippen molar-refractivity contribution < 1.29 is 9.59 Å². The van der Waals surface area contributed by atoms with Gasteiger partial charge in [-0.15, -0.1) is 0 Å². The van der Waals surface area contributed by atoms with Crippen molar-refractivity contribution in [3.05, 3.63) is 42.1 Å². The van der Waals surface area contributed by atoms with Crippen LogP contribution in [0.4, 0.5) is 0 Å². The van der Waals surface area contributed by atoms with E-state index in [1.807, 2.05) is 30.3 Å². The first-order valence-corrected chi connectivity index (χ1v) is 6.62. The Balaban J connectivity index is 1.80. The highest BCUT2D eigenvalue weighted by Gasteiger charge is 2.22. The summed E-state index contributed by atoms with van der Waals surface area (Å²) in [7, 11) is 0. The average Bonchev–Trinajstić information content (AvgIpc) is 2.54. The Kier molecular flexibility index (Phi) is 3.33. The summed E-state index contributed by atoms with van der Waals surface area (Å²) < 4.78 is 0. The first-order valence-electron chi connectivity index (χ1n) is 6.62. The van der Waals surface area contributed by atoms with Gasteiger partial charge in [0.1, 0.15) is 5.69 Å². The molecular weight excluding hydrogens is 254 g/mol. The van der Waals surface area contributed by atoms with E-state index in [1.165, 1.54) is 0 Å². The van der Waals surface area contributed by atoms with Crippen molar-refractivity contribution in [2.45, 2.75) is 0 Å². The van der Waals surface area contributed by atoms with Crippen LogP contribution in [0.3, 0.4) is 0 Å². The molecule has 2 aromatic rings. The number of hydrogen-bond acceptors (Lipinski definition) is 3. The lowest BCUT2D eigenvalue weighted by molar-refractivity contribution is -0.119. The number of amides is 2. The fraction of sp³-hybridized carbons (Fsp3) is 0.267. The van der Waals surface area contributed by atoms with E-state index < -0.39 is 0 Å². The van der Waals surface area contributed by atoms with Crippen LogP contribution in [-0.4, -0.2) is 53.3 Å². The number of hydrogen-bond donors (Lipinski definition) is 0. The number of aromatic nitrogens is 1. The van der Waals surface area contributed by atoms with Crippen LogP contribution in [-0.2, 0) is 4.79 Å². The van der Waals surface area contributed by atoms with Gasteiger partial charge in [-0.3, -0.25) is 9.59 Å². The fourth-order valence-corrected chi connectivity index (χ4v) is 2.38. The molecule has 1 fully saturated rings. The zero-order chi connectivity index (χ0) is 13.9. The third-order valence-corrected chi connectivity index (χ3v) is 3.57. The smallest absolute Gasteiger partial charge is 0.272 e. The zero-order valence-electron chi connectivity index (χ0n) is 11.0. The molecule has 5 nitrogen and oxygen atoms in total. The monoisotopic (exact) mass is 269 g/mol. The van der Waals surface area contributed by atoms with Gasteiger partial charge in [-0.1, -0.05) is 24.3 Å². The second-order valence-electron chi connectivity index (χ2n) is 4.82. The van der Waals surface area contributed by atoms with Crippen LogP contribution in [0.2, 0.25) is 0 Å². The van der Waals surface area contributed by atoms with Gasteiger partial charge < -0.3 is 9.80 Å². The molecule has 5 heteroatoms. The summed E-state index contributed by atoms with van der Waals surface area (Å²) >= 11 is 0. The number of carbonyl (C=O) groups excluding carboxylic acids is 2. The molecule has 0 atom stereocenters. The maximum atomic E-state index is 12.4. The van der Waals surface area contributed by atoms with Crippen molar-refractivity contribution in [1.29, 1.82) is 0 Å². The summed E-state index contributed by atoms with van der Waals surface area (Å²) in [6, 6.07) is 11.4. The molecule has 102 valence electrons. The predicted octanol–water partition coefficient (Wildman–Crippen LogP) is 1.15. The van der Waals surface area contributed by atoms with Gasteiger partial charge in [0.05, 0.1) is 5.52 Å². The molecule has 2 amide bonds. The van der Waals surface area contributed by atoms with Gasteiger partial charge in [0.15, 0.2) is 0 Å². The number of rotatable bonds is 2. The summed E-state index contributed by atoms with van der Waals surface area (Å²) in [5.74, 6) is -0.0682. The standard InChI is InChI=1S/C15H15N3O2/c19-11-17-7-9-18(10-8-17)15(20)14-6-5-12-3-1-2-4-13(12)16-14/h1-6,11H,7-10H2. The van der Waals surface area contributed by atoms with E-state index in [9.17, 15) is 9.59 Å². The van der Waals surface area contributed by atoms with E-state index in [0.717, 1.165) is 17.3 Å². The number of benzene rings is 1. The lowest BCUT2D eigenvalue weighted by Crippen LogP contribution is -2.48. The number of carbonyl (C=O) groups is 2. The van der Waals surface area contributed by atoms with Gasteiger partial charge in [0.25, 0.3) is 5.91 Å². The molecule has 1 aromatic heterocycles. The largest absolute Gasteiger partial charge is 0.342 e. The molecule has 1 saturated heterocycles. The number of piperazine rings is 1. The predicted molar refractivity (Wildman–Crippen MR) is 75.3 cm³/mol. The molecule has 2 heterocycles. The average molecular weight is 269 g/mol. The van der Waals surface area contributed by atoms with Crippen molar-refractivity contribution in [3.63, 3.8) is 0 Å². The topological polar surface area (TPSA) is 53.5 Å². The minimum atomic E-state index is -0.0682. The van der Waals surface area contributed by atoms with Crippen LogP contribution < -0.4 is 0 Å². The number of para-hydroxylation sites is 1. The maximum Gasteiger partial charge on any atom is 0.272 e. The second-order valence-corrected chi connectivity index (χ2v) is 4.82. The highest BCUT2D eigenvalue weighted by molar-refractivity contribution is 5.95. The molecule has 1 aliphatic heterocycles. The molecule has 0 spiro atoms. The molecule has 1 aromatic carbocycles. The first kappa shape index (κ1) is 12.6. The van der Waals surface area contributed by atoms with Gasteiger partial charge >= 0.3 is 0 Å². The van der Waals surface area contributed by atoms with Crippen molar-refractivity contribution >= 4 is 23.2 Å². The third kappa shape index (κ3) is 2.34.